The lowest BCUT2D eigenvalue weighted by atomic mass is 10.2. The number of ether oxygens (including phenoxy) is 2. The van der Waals surface area contributed by atoms with Gasteiger partial charge in [0.15, 0.2) is 6.61 Å². The first-order valence-electron chi connectivity index (χ1n) is 6.86. The van der Waals surface area contributed by atoms with Gasteiger partial charge >= 0.3 is 5.97 Å². The summed E-state index contributed by atoms with van der Waals surface area (Å²) in [6, 6.07) is 3.43. The Kier molecular flexibility index (Phi) is 5.16. The predicted molar refractivity (Wildman–Crippen MR) is 75.3 cm³/mol. The van der Waals surface area contributed by atoms with Crippen LogP contribution in [0.1, 0.15) is 19.6 Å². The van der Waals surface area contributed by atoms with Crippen molar-refractivity contribution in [2.45, 2.75) is 26.1 Å². The van der Waals surface area contributed by atoms with Crippen molar-refractivity contribution in [2.24, 2.45) is 0 Å². The fourth-order valence-electron chi connectivity index (χ4n) is 2.19. The van der Waals surface area contributed by atoms with E-state index in [4.69, 9.17) is 13.9 Å². The van der Waals surface area contributed by atoms with Crippen LogP contribution in [0.4, 0.5) is 0 Å². The number of nitrogens with zero attached hydrogens (tertiary/aromatic N) is 1. The lowest BCUT2D eigenvalue weighted by Crippen LogP contribution is -2.49. The van der Waals surface area contributed by atoms with Crippen LogP contribution >= 0.6 is 0 Å². The van der Waals surface area contributed by atoms with Crippen LogP contribution in [0.2, 0.25) is 0 Å². The molecule has 1 aromatic rings. The maximum atomic E-state index is 12.0. The summed E-state index contributed by atoms with van der Waals surface area (Å²) in [6.07, 6.45) is 4.22. The number of amides is 1. The zero-order valence-corrected chi connectivity index (χ0v) is 12.2. The van der Waals surface area contributed by atoms with Crippen molar-refractivity contribution in [2.75, 3.05) is 19.7 Å². The quantitative estimate of drug-likeness (QED) is 0.621. The zero-order chi connectivity index (χ0) is 15.2. The number of hydrogen-bond donors (Lipinski definition) is 0. The molecular formula is C15H19NO5. The molecule has 2 rings (SSSR count). The fourth-order valence-corrected chi connectivity index (χ4v) is 2.19. The van der Waals surface area contributed by atoms with Gasteiger partial charge in [-0.25, -0.2) is 4.79 Å². The maximum Gasteiger partial charge on any atom is 0.331 e. The van der Waals surface area contributed by atoms with E-state index in [1.165, 1.54) is 18.4 Å². The molecule has 1 fully saturated rings. The Hall–Kier alpha value is -2.08. The molecule has 1 saturated heterocycles. The molecule has 6 heteroatoms. The van der Waals surface area contributed by atoms with Crippen LogP contribution in [-0.2, 0) is 19.1 Å². The predicted octanol–water partition coefficient (Wildman–Crippen LogP) is 1.47. The van der Waals surface area contributed by atoms with Crippen LogP contribution in [0.5, 0.6) is 0 Å². The monoisotopic (exact) mass is 293 g/mol. The first kappa shape index (κ1) is 15.3. The van der Waals surface area contributed by atoms with Crippen LogP contribution < -0.4 is 0 Å². The fraction of sp³-hybridized carbons (Fsp3) is 0.467. The lowest BCUT2D eigenvalue weighted by molar-refractivity contribution is -0.154. The van der Waals surface area contributed by atoms with Crippen molar-refractivity contribution >= 4 is 18.0 Å². The minimum Gasteiger partial charge on any atom is -0.465 e. The Morgan fingerprint density at radius 3 is 2.71 bits per heavy atom. The van der Waals surface area contributed by atoms with Gasteiger partial charge in [0.1, 0.15) is 5.76 Å². The van der Waals surface area contributed by atoms with Crippen molar-refractivity contribution in [3.63, 3.8) is 0 Å². The van der Waals surface area contributed by atoms with Gasteiger partial charge in [-0.3, -0.25) is 4.79 Å². The van der Waals surface area contributed by atoms with Crippen molar-refractivity contribution < 1.29 is 23.5 Å². The normalized spacial score (nSPS) is 22.5. The SMILES string of the molecule is CC1CN(C(=O)COC(=O)/C=C/c2ccco2)CC(C)O1. The van der Waals surface area contributed by atoms with Gasteiger partial charge in [0.25, 0.3) is 5.91 Å². The smallest absolute Gasteiger partial charge is 0.331 e. The summed E-state index contributed by atoms with van der Waals surface area (Å²) in [7, 11) is 0. The van der Waals surface area contributed by atoms with Gasteiger partial charge in [-0.05, 0) is 32.1 Å². The topological polar surface area (TPSA) is 69.0 Å². The highest BCUT2D eigenvalue weighted by Crippen LogP contribution is 2.10. The van der Waals surface area contributed by atoms with Crippen LogP contribution in [0.15, 0.2) is 28.9 Å². The molecule has 0 radical (unpaired) electrons. The average Bonchev–Trinajstić information content (AvgIpc) is 2.94. The van der Waals surface area contributed by atoms with E-state index < -0.39 is 5.97 Å². The molecule has 0 spiro atoms. The van der Waals surface area contributed by atoms with E-state index >= 15 is 0 Å². The molecule has 2 heterocycles. The summed E-state index contributed by atoms with van der Waals surface area (Å²) in [5.74, 6) is -0.236. The Labute approximate surface area is 123 Å². The summed E-state index contributed by atoms with van der Waals surface area (Å²) in [5, 5.41) is 0. The van der Waals surface area contributed by atoms with Gasteiger partial charge in [0.05, 0.1) is 18.5 Å². The molecule has 114 valence electrons. The van der Waals surface area contributed by atoms with E-state index in [1.807, 2.05) is 13.8 Å². The van der Waals surface area contributed by atoms with Crippen LogP contribution in [0.3, 0.4) is 0 Å². The third-order valence-corrected chi connectivity index (χ3v) is 3.04. The molecule has 1 amide bonds. The second-order valence-corrected chi connectivity index (χ2v) is 5.01. The molecule has 1 aliphatic rings. The Bertz CT molecular complexity index is 498. The standard InChI is InChI=1S/C15H19NO5/c1-11-8-16(9-12(2)21-11)14(17)10-20-15(18)6-5-13-4-3-7-19-13/h3-7,11-12H,8-10H2,1-2H3/b6-5+. The number of carbonyl (C=O) groups excluding carboxylic acids is 2. The number of rotatable bonds is 4. The van der Waals surface area contributed by atoms with E-state index in [2.05, 4.69) is 0 Å². The Balaban J connectivity index is 1.77. The van der Waals surface area contributed by atoms with Gasteiger partial charge in [-0.15, -0.1) is 0 Å². The van der Waals surface area contributed by atoms with Gasteiger partial charge in [-0.2, -0.15) is 0 Å². The first-order chi connectivity index (χ1) is 10.0. The highest BCUT2D eigenvalue weighted by atomic mass is 16.5. The third-order valence-electron chi connectivity index (χ3n) is 3.04. The van der Waals surface area contributed by atoms with E-state index in [1.54, 1.807) is 17.0 Å². The molecule has 1 aliphatic heterocycles. The van der Waals surface area contributed by atoms with Crippen molar-refractivity contribution in [3.05, 3.63) is 30.2 Å². The summed E-state index contributed by atoms with van der Waals surface area (Å²) < 4.78 is 15.5. The molecular weight excluding hydrogens is 274 g/mol. The molecule has 0 saturated carbocycles. The second kappa shape index (κ2) is 7.08. The second-order valence-electron chi connectivity index (χ2n) is 5.01. The average molecular weight is 293 g/mol. The van der Waals surface area contributed by atoms with Crippen molar-refractivity contribution in [3.8, 4) is 0 Å². The highest BCUT2D eigenvalue weighted by molar-refractivity contribution is 5.88. The molecule has 21 heavy (non-hydrogen) atoms. The largest absolute Gasteiger partial charge is 0.465 e. The summed E-state index contributed by atoms with van der Waals surface area (Å²) in [5.41, 5.74) is 0. The van der Waals surface area contributed by atoms with Crippen LogP contribution in [-0.4, -0.2) is 48.7 Å². The summed E-state index contributed by atoms with van der Waals surface area (Å²) in [4.78, 5) is 25.1. The number of hydrogen-bond acceptors (Lipinski definition) is 5. The zero-order valence-electron chi connectivity index (χ0n) is 12.2. The lowest BCUT2D eigenvalue weighted by Gasteiger charge is -2.35. The number of morpholine rings is 1. The van der Waals surface area contributed by atoms with E-state index in [-0.39, 0.29) is 24.7 Å². The molecule has 0 bridgehead atoms. The van der Waals surface area contributed by atoms with Crippen molar-refractivity contribution in [1.29, 1.82) is 0 Å². The number of esters is 1. The molecule has 0 N–H and O–H groups in total. The third kappa shape index (κ3) is 4.75. The Morgan fingerprint density at radius 1 is 1.38 bits per heavy atom. The first-order valence-corrected chi connectivity index (χ1v) is 6.86. The Morgan fingerprint density at radius 2 is 2.10 bits per heavy atom. The van der Waals surface area contributed by atoms with Crippen LogP contribution in [0, 0.1) is 0 Å². The molecule has 2 unspecified atom stereocenters. The van der Waals surface area contributed by atoms with E-state index in [9.17, 15) is 9.59 Å². The summed E-state index contributed by atoms with van der Waals surface area (Å²) >= 11 is 0. The minimum absolute atomic E-state index is 0.00718. The van der Waals surface area contributed by atoms with Gasteiger partial charge in [-0.1, -0.05) is 0 Å². The summed E-state index contributed by atoms with van der Waals surface area (Å²) in [6.45, 7) is 4.59. The molecule has 6 nitrogen and oxygen atoms in total. The van der Waals surface area contributed by atoms with Gasteiger partial charge < -0.3 is 18.8 Å². The maximum absolute atomic E-state index is 12.0. The van der Waals surface area contributed by atoms with E-state index in [0.717, 1.165) is 0 Å². The number of carbonyl (C=O) groups is 2. The van der Waals surface area contributed by atoms with Gasteiger partial charge in [0.2, 0.25) is 0 Å². The van der Waals surface area contributed by atoms with Crippen LogP contribution in [0.25, 0.3) is 6.08 Å². The minimum atomic E-state index is -0.575. The van der Waals surface area contributed by atoms with Gasteiger partial charge in [0, 0.05) is 19.2 Å². The molecule has 0 aliphatic carbocycles. The molecule has 2 atom stereocenters. The highest BCUT2D eigenvalue weighted by Gasteiger charge is 2.26. The van der Waals surface area contributed by atoms with E-state index in [0.29, 0.717) is 18.8 Å². The number of furan rings is 1. The van der Waals surface area contributed by atoms with Crippen molar-refractivity contribution in [1.82, 2.24) is 4.90 Å². The molecule has 0 aromatic carbocycles. The molecule has 1 aromatic heterocycles.